The number of carbonyl (C=O) groups excluding carboxylic acids is 1. The van der Waals surface area contributed by atoms with Crippen molar-refractivity contribution >= 4 is 23.5 Å². The average Bonchev–Trinajstić information content (AvgIpc) is 2.72. The van der Waals surface area contributed by atoms with Gasteiger partial charge in [0.05, 0.1) is 6.54 Å². The van der Waals surface area contributed by atoms with Gasteiger partial charge in [0.25, 0.3) is 5.91 Å². The Bertz CT molecular complexity index is 722. The molecule has 0 bridgehead atoms. The number of rotatable bonds is 6. The summed E-state index contributed by atoms with van der Waals surface area (Å²) in [6.45, 7) is 3.30. The monoisotopic (exact) mass is 389 g/mol. The molecule has 0 radical (unpaired) electrons. The Balaban J connectivity index is 1.54. The molecular formula is C19H27N5O4. The fourth-order valence-electron chi connectivity index (χ4n) is 3.35. The van der Waals surface area contributed by atoms with E-state index >= 15 is 0 Å². The summed E-state index contributed by atoms with van der Waals surface area (Å²) in [5.41, 5.74) is 1.46. The number of carboxylic acids is 1. The largest absolute Gasteiger partial charge is 0.479 e. The van der Waals surface area contributed by atoms with Gasteiger partial charge < -0.3 is 31.1 Å². The molecule has 1 aromatic rings. The molecule has 3 rings (SSSR count). The normalized spacial score (nSPS) is 20.5. The quantitative estimate of drug-likeness (QED) is 0.455. The number of carboxylic acid groups (broad SMARTS) is 1. The second kappa shape index (κ2) is 9.41. The Morgan fingerprint density at radius 2 is 2.07 bits per heavy atom. The van der Waals surface area contributed by atoms with Crippen molar-refractivity contribution in [2.45, 2.75) is 31.4 Å². The molecule has 2 unspecified atom stereocenters. The third-order valence-electron chi connectivity index (χ3n) is 4.90. The Morgan fingerprint density at radius 3 is 2.75 bits per heavy atom. The van der Waals surface area contributed by atoms with Crippen molar-refractivity contribution in [2.24, 2.45) is 4.99 Å². The molecule has 0 aliphatic carbocycles. The van der Waals surface area contributed by atoms with Crippen LogP contribution in [0.4, 0.5) is 5.69 Å². The third kappa shape index (κ3) is 5.35. The van der Waals surface area contributed by atoms with Gasteiger partial charge in [0.2, 0.25) is 0 Å². The fourth-order valence-corrected chi connectivity index (χ4v) is 3.35. The molecule has 0 aromatic heterocycles. The highest BCUT2D eigenvalue weighted by Gasteiger charge is 2.22. The molecule has 0 spiro atoms. The van der Waals surface area contributed by atoms with E-state index in [1.807, 2.05) is 12.1 Å². The summed E-state index contributed by atoms with van der Waals surface area (Å²) in [5, 5.41) is 27.1. The zero-order valence-corrected chi connectivity index (χ0v) is 15.7. The number of nitrogens with zero attached hydrogens (tertiary/aromatic N) is 2. The van der Waals surface area contributed by atoms with Crippen molar-refractivity contribution in [1.29, 1.82) is 0 Å². The van der Waals surface area contributed by atoms with Crippen molar-refractivity contribution < 1.29 is 19.8 Å². The lowest BCUT2D eigenvalue weighted by Crippen LogP contribution is -2.52. The zero-order valence-electron chi connectivity index (χ0n) is 15.7. The minimum absolute atomic E-state index is 0.318. The minimum Gasteiger partial charge on any atom is -0.479 e. The van der Waals surface area contributed by atoms with Gasteiger partial charge in [0.1, 0.15) is 0 Å². The number of anilines is 1. The number of guanidine groups is 1. The van der Waals surface area contributed by atoms with Gasteiger partial charge in [-0.15, -0.1) is 0 Å². The van der Waals surface area contributed by atoms with E-state index in [0.717, 1.165) is 57.1 Å². The molecule has 1 aromatic carbocycles. The highest BCUT2D eigenvalue weighted by molar-refractivity contribution is 5.94. The van der Waals surface area contributed by atoms with Crippen molar-refractivity contribution in [1.82, 2.24) is 16.0 Å². The van der Waals surface area contributed by atoms with Gasteiger partial charge in [-0.3, -0.25) is 9.79 Å². The summed E-state index contributed by atoms with van der Waals surface area (Å²) in [4.78, 5) is 29.4. The molecule has 2 aliphatic heterocycles. The van der Waals surface area contributed by atoms with Crippen molar-refractivity contribution in [3.05, 3.63) is 29.8 Å². The van der Waals surface area contributed by atoms with Gasteiger partial charge in [-0.25, -0.2) is 4.79 Å². The topological polar surface area (TPSA) is 126 Å². The Morgan fingerprint density at radius 1 is 1.29 bits per heavy atom. The second-order valence-corrected chi connectivity index (χ2v) is 7.05. The lowest BCUT2D eigenvalue weighted by Gasteiger charge is -2.35. The number of carbonyl (C=O) groups is 2. The Labute approximate surface area is 163 Å². The highest BCUT2D eigenvalue weighted by atomic mass is 16.4. The van der Waals surface area contributed by atoms with Crippen LogP contribution in [-0.4, -0.2) is 72.9 Å². The van der Waals surface area contributed by atoms with E-state index in [9.17, 15) is 14.7 Å². The number of benzene rings is 1. The molecule has 2 aliphatic rings. The van der Waals surface area contributed by atoms with Gasteiger partial charge in [0.15, 0.2) is 12.1 Å². The second-order valence-electron chi connectivity index (χ2n) is 7.05. The molecule has 1 amide bonds. The molecule has 1 saturated heterocycles. The molecular weight excluding hydrogens is 362 g/mol. The summed E-state index contributed by atoms with van der Waals surface area (Å²) in [5.74, 6) is -0.890. The maximum absolute atomic E-state index is 12.1. The van der Waals surface area contributed by atoms with E-state index in [4.69, 9.17) is 5.11 Å². The smallest absolute Gasteiger partial charge is 0.334 e. The van der Waals surface area contributed by atoms with Gasteiger partial charge in [-0.1, -0.05) is 0 Å². The first-order valence-electron chi connectivity index (χ1n) is 9.62. The Hall–Kier alpha value is -2.81. The molecule has 5 N–H and O–H groups in total. The summed E-state index contributed by atoms with van der Waals surface area (Å²) in [6.07, 6.45) is 1.62. The van der Waals surface area contributed by atoms with Gasteiger partial charge >= 0.3 is 5.97 Å². The van der Waals surface area contributed by atoms with E-state index < -0.39 is 18.0 Å². The minimum atomic E-state index is -1.61. The van der Waals surface area contributed by atoms with Crippen LogP contribution in [0, 0.1) is 0 Å². The number of amides is 1. The van der Waals surface area contributed by atoms with Crippen LogP contribution >= 0.6 is 0 Å². The maximum Gasteiger partial charge on any atom is 0.334 e. The number of aliphatic imine (C=N–C) groups is 1. The summed E-state index contributed by atoms with van der Waals surface area (Å²) in [7, 11) is 0. The predicted molar refractivity (Wildman–Crippen MR) is 106 cm³/mol. The molecule has 28 heavy (non-hydrogen) atoms. The average molecular weight is 389 g/mol. The van der Waals surface area contributed by atoms with Gasteiger partial charge in [-0.05, 0) is 43.5 Å². The van der Waals surface area contributed by atoms with Crippen molar-refractivity contribution in [3.8, 4) is 0 Å². The van der Waals surface area contributed by atoms with Crippen LogP contribution in [0.15, 0.2) is 29.3 Å². The lowest BCUT2D eigenvalue weighted by molar-refractivity contribution is -0.146. The number of aliphatic hydroxyl groups excluding tert-OH is 1. The van der Waals surface area contributed by atoms with Crippen LogP contribution in [0.5, 0.6) is 0 Å². The van der Waals surface area contributed by atoms with E-state index in [1.54, 1.807) is 12.1 Å². The summed E-state index contributed by atoms with van der Waals surface area (Å²) < 4.78 is 0. The van der Waals surface area contributed by atoms with Gasteiger partial charge in [-0.2, -0.15) is 0 Å². The van der Waals surface area contributed by atoms with E-state index in [2.05, 4.69) is 25.8 Å². The number of aliphatic hydroxyl groups is 1. The molecule has 9 heteroatoms. The van der Waals surface area contributed by atoms with Crippen LogP contribution in [0.1, 0.15) is 29.6 Å². The number of piperidine rings is 1. The van der Waals surface area contributed by atoms with Crippen LogP contribution in [-0.2, 0) is 4.79 Å². The van der Waals surface area contributed by atoms with Gasteiger partial charge in [0, 0.05) is 43.5 Å². The molecule has 0 saturated carbocycles. The zero-order chi connectivity index (χ0) is 19.9. The fraction of sp³-hybridized carbons (Fsp3) is 0.526. The predicted octanol–water partition coefficient (Wildman–Crippen LogP) is -0.230. The summed E-state index contributed by atoms with van der Waals surface area (Å²) >= 11 is 0. The lowest BCUT2D eigenvalue weighted by atomic mass is 10.0. The first kappa shape index (κ1) is 19.9. The van der Waals surface area contributed by atoms with Crippen LogP contribution in [0.3, 0.4) is 0 Å². The molecule has 2 heterocycles. The molecule has 9 nitrogen and oxygen atoms in total. The number of aliphatic carboxylic acids is 1. The van der Waals surface area contributed by atoms with Crippen LogP contribution in [0.2, 0.25) is 0 Å². The standard InChI is InChI=1S/C19H27N5O4/c25-16(18(27)28)11-22-17(26)13-4-6-15(7-5-13)24-10-1-3-14(12-24)23-19-20-8-2-9-21-19/h4-7,14,16,25H,1-3,8-12H2,(H,22,26)(H,27,28)(H2,20,21,23). The summed E-state index contributed by atoms with van der Waals surface area (Å²) in [6, 6.07) is 7.52. The van der Waals surface area contributed by atoms with Crippen LogP contribution < -0.4 is 20.9 Å². The van der Waals surface area contributed by atoms with Crippen LogP contribution in [0.25, 0.3) is 0 Å². The first-order chi connectivity index (χ1) is 13.5. The molecule has 152 valence electrons. The first-order valence-corrected chi connectivity index (χ1v) is 9.62. The molecule has 2 atom stereocenters. The van der Waals surface area contributed by atoms with E-state index in [-0.39, 0.29) is 6.54 Å². The molecule has 1 fully saturated rings. The Kier molecular flexibility index (Phi) is 6.70. The number of nitrogens with one attached hydrogen (secondary N) is 3. The maximum atomic E-state index is 12.1. The highest BCUT2D eigenvalue weighted by Crippen LogP contribution is 2.20. The van der Waals surface area contributed by atoms with Crippen molar-refractivity contribution in [2.75, 3.05) is 37.6 Å². The van der Waals surface area contributed by atoms with Crippen molar-refractivity contribution in [3.63, 3.8) is 0 Å². The SMILES string of the molecule is O=C(NCC(O)C(=O)O)c1ccc(N2CCCC(NC3=NCCCN3)C2)cc1. The number of hydrogen-bond donors (Lipinski definition) is 5. The number of hydrogen-bond acceptors (Lipinski definition) is 7. The van der Waals surface area contributed by atoms with E-state index in [0.29, 0.717) is 11.6 Å². The third-order valence-corrected chi connectivity index (χ3v) is 4.90. The van der Waals surface area contributed by atoms with E-state index in [1.165, 1.54) is 0 Å².